The van der Waals surface area contributed by atoms with Gasteiger partial charge in [-0.25, -0.2) is 0 Å². The molecule has 156 valence electrons. The van der Waals surface area contributed by atoms with Gasteiger partial charge >= 0.3 is 0 Å². The molecule has 2 aromatic rings. The Morgan fingerprint density at radius 2 is 1.55 bits per heavy atom. The molecule has 0 saturated carbocycles. The Morgan fingerprint density at radius 3 is 2.14 bits per heavy atom. The Morgan fingerprint density at radius 1 is 0.966 bits per heavy atom. The fourth-order valence-electron chi connectivity index (χ4n) is 3.50. The predicted octanol–water partition coefficient (Wildman–Crippen LogP) is 3.19. The third kappa shape index (κ3) is 6.49. The zero-order valence-corrected chi connectivity index (χ0v) is 18.5. The molecule has 0 unspecified atom stereocenters. The molecule has 1 aliphatic rings. The molecule has 0 aromatic heterocycles. The number of rotatable bonds is 8. The number of hydrogen-bond acceptors (Lipinski definition) is 5. The van der Waals surface area contributed by atoms with E-state index in [9.17, 15) is 4.79 Å². The van der Waals surface area contributed by atoms with Crippen molar-refractivity contribution in [2.24, 2.45) is 0 Å². The van der Waals surface area contributed by atoms with Gasteiger partial charge in [0.1, 0.15) is 5.75 Å². The molecule has 0 atom stereocenters. The quantitative estimate of drug-likeness (QED) is 0.621. The fraction of sp³-hybridized carbons (Fsp3) is 0.435. The summed E-state index contributed by atoms with van der Waals surface area (Å²) in [6.07, 6.45) is 2.07. The number of carbonyl (C=O) groups is 1. The molecule has 0 bridgehead atoms. The molecule has 2 aromatic carbocycles. The summed E-state index contributed by atoms with van der Waals surface area (Å²) in [4.78, 5) is 20.4. The van der Waals surface area contributed by atoms with Crippen LogP contribution >= 0.6 is 11.8 Å². The van der Waals surface area contributed by atoms with Crippen molar-refractivity contribution >= 4 is 17.7 Å². The van der Waals surface area contributed by atoms with Crippen LogP contribution in [0.2, 0.25) is 0 Å². The first kappa shape index (κ1) is 21.7. The summed E-state index contributed by atoms with van der Waals surface area (Å²) in [7, 11) is 3.58. The normalized spacial score (nSPS) is 15.3. The number of carbonyl (C=O) groups excluding carboxylic acids is 1. The standard InChI is InChI=1S/C23H31N3O2S/c1-24(16-19-6-10-22(29-3)11-7-19)23(27)18-26-14-12-25(13-15-26)17-20-4-8-21(28-2)9-5-20/h4-11H,12-18H2,1-3H3. The lowest BCUT2D eigenvalue weighted by Crippen LogP contribution is -2.49. The van der Waals surface area contributed by atoms with Crippen LogP contribution in [0.25, 0.3) is 0 Å². The summed E-state index contributed by atoms with van der Waals surface area (Å²) in [6.45, 7) is 5.92. The van der Waals surface area contributed by atoms with Crippen LogP contribution in [-0.4, -0.2) is 73.7 Å². The van der Waals surface area contributed by atoms with E-state index < -0.39 is 0 Å². The van der Waals surface area contributed by atoms with Crippen LogP contribution < -0.4 is 4.74 Å². The van der Waals surface area contributed by atoms with E-state index in [0.717, 1.165) is 38.5 Å². The third-order valence-electron chi connectivity index (χ3n) is 5.39. The SMILES string of the molecule is COc1ccc(CN2CCN(CC(=O)N(C)Cc3ccc(SC)cc3)CC2)cc1. The highest BCUT2D eigenvalue weighted by atomic mass is 32.2. The average Bonchev–Trinajstić information content (AvgIpc) is 2.76. The van der Waals surface area contributed by atoms with Crippen molar-refractivity contribution in [1.29, 1.82) is 0 Å². The number of methoxy groups -OCH3 is 1. The Kier molecular flexibility index (Phi) is 7.98. The van der Waals surface area contributed by atoms with E-state index in [2.05, 4.69) is 52.5 Å². The summed E-state index contributed by atoms with van der Waals surface area (Å²) < 4.78 is 5.22. The minimum absolute atomic E-state index is 0.183. The molecule has 5 nitrogen and oxygen atoms in total. The minimum Gasteiger partial charge on any atom is -0.497 e. The van der Waals surface area contributed by atoms with Gasteiger partial charge < -0.3 is 9.64 Å². The second-order valence-electron chi connectivity index (χ2n) is 7.50. The maximum absolute atomic E-state index is 12.6. The van der Waals surface area contributed by atoms with Gasteiger partial charge in [-0.1, -0.05) is 24.3 Å². The molecule has 1 amide bonds. The van der Waals surface area contributed by atoms with Crippen LogP contribution in [0.5, 0.6) is 5.75 Å². The Balaban J connectivity index is 1.41. The van der Waals surface area contributed by atoms with Crippen molar-refractivity contribution in [3.05, 3.63) is 59.7 Å². The number of likely N-dealkylation sites (N-methyl/N-ethyl adjacent to an activating group) is 1. The molecule has 0 aliphatic carbocycles. The van der Waals surface area contributed by atoms with Crippen molar-refractivity contribution in [1.82, 2.24) is 14.7 Å². The highest BCUT2D eigenvalue weighted by molar-refractivity contribution is 7.98. The number of thioether (sulfide) groups is 1. The third-order valence-corrected chi connectivity index (χ3v) is 6.14. The Hall–Kier alpha value is -2.02. The summed E-state index contributed by atoms with van der Waals surface area (Å²) >= 11 is 1.73. The number of benzene rings is 2. The first-order valence-electron chi connectivity index (χ1n) is 10.0. The smallest absolute Gasteiger partial charge is 0.236 e. The molecule has 0 radical (unpaired) electrons. The van der Waals surface area contributed by atoms with E-state index in [1.54, 1.807) is 18.9 Å². The lowest BCUT2D eigenvalue weighted by molar-refractivity contribution is -0.132. The monoisotopic (exact) mass is 413 g/mol. The van der Waals surface area contributed by atoms with Gasteiger partial charge in [0.05, 0.1) is 13.7 Å². The van der Waals surface area contributed by atoms with Gasteiger partial charge in [-0.05, 0) is 41.6 Å². The number of ether oxygens (including phenoxy) is 1. The van der Waals surface area contributed by atoms with Crippen molar-refractivity contribution in [2.75, 3.05) is 53.1 Å². The van der Waals surface area contributed by atoms with E-state index in [1.807, 2.05) is 24.1 Å². The maximum atomic E-state index is 12.6. The van der Waals surface area contributed by atoms with Gasteiger partial charge in [0.2, 0.25) is 5.91 Å². The molecular weight excluding hydrogens is 382 g/mol. The van der Waals surface area contributed by atoms with E-state index in [1.165, 1.54) is 16.0 Å². The van der Waals surface area contributed by atoms with Crippen molar-refractivity contribution in [3.8, 4) is 5.75 Å². The van der Waals surface area contributed by atoms with Crippen LogP contribution in [0.3, 0.4) is 0 Å². The largest absolute Gasteiger partial charge is 0.497 e. The Bertz CT molecular complexity index is 772. The van der Waals surface area contributed by atoms with Crippen molar-refractivity contribution < 1.29 is 9.53 Å². The van der Waals surface area contributed by atoms with E-state index in [-0.39, 0.29) is 5.91 Å². The van der Waals surface area contributed by atoms with Crippen molar-refractivity contribution in [2.45, 2.75) is 18.0 Å². The lowest BCUT2D eigenvalue weighted by Gasteiger charge is -2.35. The molecular formula is C23H31N3O2S. The molecule has 3 rings (SSSR count). The van der Waals surface area contributed by atoms with Gasteiger partial charge in [-0.3, -0.25) is 14.6 Å². The first-order valence-corrected chi connectivity index (χ1v) is 11.2. The summed E-state index contributed by atoms with van der Waals surface area (Å²) in [5.74, 6) is 1.07. The summed E-state index contributed by atoms with van der Waals surface area (Å²) in [5.41, 5.74) is 2.46. The van der Waals surface area contributed by atoms with Crippen LogP contribution in [0, 0.1) is 0 Å². The maximum Gasteiger partial charge on any atom is 0.236 e. The van der Waals surface area contributed by atoms with Gasteiger partial charge in [0.15, 0.2) is 0 Å². The summed E-state index contributed by atoms with van der Waals surface area (Å²) in [6, 6.07) is 16.7. The summed E-state index contributed by atoms with van der Waals surface area (Å²) in [5, 5.41) is 0. The van der Waals surface area contributed by atoms with E-state index >= 15 is 0 Å². The fourth-order valence-corrected chi connectivity index (χ4v) is 3.91. The lowest BCUT2D eigenvalue weighted by atomic mass is 10.2. The Labute approximate surface area is 178 Å². The molecule has 1 saturated heterocycles. The van der Waals surface area contributed by atoms with Crippen LogP contribution in [0.4, 0.5) is 0 Å². The predicted molar refractivity (Wildman–Crippen MR) is 119 cm³/mol. The molecule has 0 N–H and O–H groups in total. The number of piperazine rings is 1. The second kappa shape index (κ2) is 10.7. The average molecular weight is 414 g/mol. The van der Waals surface area contributed by atoms with E-state index in [0.29, 0.717) is 13.1 Å². The second-order valence-corrected chi connectivity index (χ2v) is 8.38. The zero-order chi connectivity index (χ0) is 20.6. The van der Waals surface area contributed by atoms with Gasteiger partial charge in [-0.2, -0.15) is 0 Å². The first-order chi connectivity index (χ1) is 14.1. The van der Waals surface area contributed by atoms with Crippen LogP contribution in [0.1, 0.15) is 11.1 Å². The van der Waals surface area contributed by atoms with Gasteiger partial charge in [-0.15, -0.1) is 11.8 Å². The highest BCUT2D eigenvalue weighted by Crippen LogP contribution is 2.16. The molecule has 1 fully saturated rings. The molecule has 6 heteroatoms. The number of nitrogens with zero attached hydrogens (tertiary/aromatic N) is 3. The molecule has 1 aliphatic heterocycles. The van der Waals surface area contributed by atoms with E-state index in [4.69, 9.17) is 4.74 Å². The van der Waals surface area contributed by atoms with Crippen LogP contribution in [-0.2, 0) is 17.9 Å². The highest BCUT2D eigenvalue weighted by Gasteiger charge is 2.20. The van der Waals surface area contributed by atoms with Crippen LogP contribution in [0.15, 0.2) is 53.4 Å². The molecule has 0 spiro atoms. The van der Waals surface area contributed by atoms with Gasteiger partial charge in [0.25, 0.3) is 0 Å². The zero-order valence-electron chi connectivity index (χ0n) is 17.6. The number of hydrogen-bond donors (Lipinski definition) is 0. The number of amides is 1. The topological polar surface area (TPSA) is 36.0 Å². The van der Waals surface area contributed by atoms with Crippen molar-refractivity contribution in [3.63, 3.8) is 0 Å². The molecule has 1 heterocycles. The minimum atomic E-state index is 0.183. The van der Waals surface area contributed by atoms with Gasteiger partial charge in [0, 0.05) is 51.2 Å². The molecule has 29 heavy (non-hydrogen) atoms.